The Hall–Kier alpha value is -3.65. The highest BCUT2D eigenvalue weighted by Crippen LogP contribution is 2.42. The molecule has 1 aliphatic heterocycles. The first-order valence-electron chi connectivity index (χ1n) is 10.9. The molecule has 2 heterocycles. The van der Waals surface area contributed by atoms with E-state index in [2.05, 4.69) is 0 Å². The molecule has 0 bridgehead atoms. The maximum Gasteiger partial charge on any atom is 0.295 e. The lowest BCUT2D eigenvalue weighted by Gasteiger charge is -2.25. The van der Waals surface area contributed by atoms with E-state index < -0.39 is 23.5 Å². The van der Waals surface area contributed by atoms with Crippen LogP contribution >= 0.6 is 11.3 Å². The number of amides is 1. The second-order valence-electron chi connectivity index (χ2n) is 7.58. The zero-order chi connectivity index (χ0) is 24.2. The van der Waals surface area contributed by atoms with Gasteiger partial charge in [-0.05, 0) is 55.1 Å². The van der Waals surface area contributed by atoms with Crippen LogP contribution in [0.25, 0.3) is 5.76 Å². The molecule has 1 unspecified atom stereocenters. The summed E-state index contributed by atoms with van der Waals surface area (Å²) in [5, 5.41) is 13.2. The Balaban J connectivity index is 1.87. The maximum atomic E-state index is 13.7. The number of thiophene rings is 1. The molecular weight excluding hydrogens is 457 g/mol. The van der Waals surface area contributed by atoms with Crippen LogP contribution in [-0.4, -0.2) is 34.9 Å². The maximum absolute atomic E-state index is 13.7. The molecule has 1 aliphatic rings. The van der Waals surface area contributed by atoms with Crippen molar-refractivity contribution in [3.8, 4) is 11.5 Å². The second-order valence-corrected chi connectivity index (χ2v) is 8.61. The number of hydrogen-bond acceptors (Lipinski definition) is 6. The third kappa shape index (κ3) is 4.54. The molecule has 1 aromatic heterocycles. The number of carbonyl (C=O) groups is 2. The highest BCUT2D eigenvalue weighted by molar-refractivity contribution is 7.09. The van der Waals surface area contributed by atoms with Crippen molar-refractivity contribution in [3.63, 3.8) is 0 Å². The Bertz CT molecular complexity index is 1220. The molecule has 1 amide bonds. The number of hydrogen-bond donors (Lipinski definition) is 1. The molecule has 0 saturated carbocycles. The molecule has 0 spiro atoms. The van der Waals surface area contributed by atoms with E-state index in [1.165, 1.54) is 40.5 Å². The van der Waals surface area contributed by atoms with Crippen LogP contribution in [0.2, 0.25) is 0 Å². The minimum atomic E-state index is -0.885. The van der Waals surface area contributed by atoms with E-state index in [9.17, 15) is 19.1 Å². The van der Waals surface area contributed by atoms with E-state index in [-0.39, 0.29) is 23.4 Å². The summed E-state index contributed by atoms with van der Waals surface area (Å²) in [5.74, 6) is -1.45. The number of Topliss-reactive ketones (excluding diaryl/α,β-unsaturated/α-hetero) is 1. The summed E-state index contributed by atoms with van der Waals surface area (Å²) in [6.07, 6.45) is 0. The van der Waals surface area contributed by atoms with Crippen LogP contribution in [0.15, 0.2) is 65.6 Å². The Morgan fingerprint density at radius 1 is 1.06 bits per heavy atom. The van der Waals surface area contributed by atoms with Gasteiger partial charge in [-0.3, -0.25) is 9.59 Å². The summed E-state index contributed by atoms with van der Waals surface area (Å²) in [6, 6.07) is 13.3. The van der Waals surface area contributed by atoms with Crippen LogP contribution in [0.4, 0.5) is 4.39 Å². The molecule has 3 aromatic rings. The first-order valence-corrected chi connectivity index (χ1v) is 11.8. The number of ether oxygens (including phenoxy) is 2. The molecule has 1 fully saturated rings. The molecule has 176 valence electrons. The second kappa shape index (κ2) is 10.1. The fourth-order valence-electron chi connectivity index (χ4n) is 3.98. The van der Waals surface area contributed by atoms with Gasteiger partial charge in [0.15, 0.2) is 0 Å². The van der Waals surface area contributed by atoms with Gasteiger partial charge in [-0.15, -0.1) is 11.3 Å². The SMILES string of the molecule is CCOc1ccc(/C(O)=C2/C(=O)C(=O)N(Cc3cccs3)C2c2ccc(F)cc2)c(OCC)c1. The summed E-state index contributed by atoms with van der Waals surface area (Å²) in [6.45, 7) is 4.61. The van der Waals surface area contributed by atoms with Crippen LogP contribution in [0.3, 0.4) is 0 Å². The number of aliphatic hydroxyl groups excluding tert-OH is 1. The summed E-state index contributed by atoms with van der Waals surface area (Å²) < 4.78 is 24.9. The van der Waals surface area contributed by atoms with Gasteiger partial charge in [-0.2, -0.15) is 0 Å². The molecule has 8 heteroatoms. The van der Waals surface area contributed by atoms with Crippen molar-refractivity contribution in [2.45, 2.75) is 26.4 Å². The summed E-state index contributed by atoms with van der Waals surface area (Å²) in [5.41, 5.74) is 0.715. The van der Waals surface area contributed by atoms with Crippen molar-refractivity contribution in [1.29, 1.82) is 0 Å². The number of ketones is 1. The molecule has 4 rings (SSSR count). The van der Waals surface area contributed by atoms with Crippen LogP contribution in [0.1, 0.15) is 35.9 Å². The van der Waals surface area contributed by atoms with Crippen molar-refractivity contribution in [2.75, 3.05) is 13.2 Å². The zero-order valence-electron chi connectivity index (χ0n) is 18.8. The van der Waals surface area contributed by atoms with E-state index >= 15 is 0 Å². The predicted octanol–water partition coefficient (Wildman–Crippen LogP) is 5.31. The van der Waals surface area contributed by atoms with Gasteiger partial charge in [0.25, 0.3) is 11.7 Å². The fraction of sp³-hybridized carbons (Fsp3) is 0.231. The average Bonchev–Trinajstić information content (AvgIpc) is 3.42. The molecule has 0 aliphatic carbocycles. The summed E-state index contributed by atoms with van der Waals surface area (Å²) in [4.78, 5) is 28.6. The standard InChI is InChI=1S/C26H24FNO5S/c1-3-32-18-11-12-20(21(14-18)33-4-2)24(29)22-23(16-7-9-17(27)10-8-16)28(26(31)25(22)30)15-19-6-5-13-34-19/h5-14,23,29H,3-4,15H2,1-2H3/b24-22-. The number of halogens is 1. The lowest BCUT2D eigenvalue weighted by Crippen LogP contribution is -2.28. The number of likely N-dealkylation sites (tertiary alicyclic amines) is 1. The molecule has 6 nitrogen and oxygen atoms in total. The summed E-state index contributed by atoms with van der Waals surface area (Å²) >= 11 is 1.46. The van der Waals surface area contributed by atoms with E-state index in [1.54, 1.807) is 25.1 Å². The van der Waals surface area contributed by atoms with E-state index in [4.69, 9.17) is 9.47 Å². The van der Waals surface area contributed by atoms with Gasteiger partial charge in [0, 0.05) is 10.9 Å². The Labute approximate surface area is 200 Å². The highest BCUT2D eigenvalue weighted by Gasteiger charge is 2.46. The Morgan fingerprint density at radius 2 is 1.79 bits per heavy atom. The number of benzene rings is 2. The molecular formula is C26H24FNO5S. The molecule has 2 aromatic carbocycles. The summed E-state index contributed by atoms with van der Waals surface area (Å²) in [7, 11) is 0. The van der Waals surface area contributed by atoms with Crippen LogP contribution in [0.5, 0.6) is 11.5 Å². The molecule has 1 atom stereocenters. The minimum absolute atomic E-state index is 0.0710. The zero-order valence-corrected chi connectivity index (χ0v) is 19.6. The van der Waals surface area contributed by atoms with Crippen molar-refractivity contribution < 1.29 is 28.6 Å². The van der Waals surface area contributed by atoms with Gasteiger partial charge in [-0.25, -0.2) is 4.39 Å². The van der Waals surface area contributed by atoms with E-state index in [0.29, 0.717) is 30.3 Å². The molecule has 1 N–H and O–H groups in total. The van der Waals surface area contributed by atoms with Gasteiger partial charge in [-0.1, -0.05) is 18.2 Å². The third-order valence-corrected chi connectivity index (χ3v) is 6.31. The fourth-order valence-corrected chi connectivity index (χ4v) is 4.68. The lowest BCUT2D eigenvalue weighted by atomic mass is 9.95. The van der Waals surface area contributed by atoms with Crippen molar-refractivity contribution in [3.05, 3.63) is 87.4 Å². The highest BCUT2D eigenvalue weighted by atomic mass is 32.1. The number of nitrogens with zero attached hydrogens (tertiary/aromatic N) is 1. The van der Waals surface area contributed by atoms with Crippen LogP contribution in [-0.2, 0) is 16.1 Å². The van der Waals surface area contributed by atoms with Crippen molar-refractivity contribution >= 4 is 28.8 Å². The minimum Gasteiger partial charge on any atom is -0.507 e. The third-order valence-electron chi connectivity index (χ3n) is 5.45. The van der Waals surface area contributed by atoms with Gasteiger partial charge in [0.05, 0.1) is 36.9 Å². The smallest absolute Gasteiger partial charge is 0.295 e. The van der Waals surface area contributed by atoms with Gasteiger partial charge >= 0.3 is 0 Å². The van der Waals surface area contributed by atoms with Gasteiger partial charge in [0.2, 0.25) is 0 Å². The number of aliphatic hydroxyl groups is 1. The number of carbonyl (C=O) groups excluding carboxylic acids is 2. The Morgan fingerprint density at radius 3 is 2.44 bits per heavy atom. The van der Waals surface area contributed by atoms with Gasteiger partial charge in [0.1, 0.15) is 23.1 Å². The topological polar surface area (TPSA) is 76.1 Å². The normalized spacial score (nSPS) is 17.3. The van der Waals surface area contributed by atoms with Crippen molar-refractivity contribution in [1.82, 2.24) is 4.90 Å². The monoisotopic (exact) mass is 481 g/mol. The van der Waals surface area contributed by atoms with Crippen LogP contribution in [0, 0.1) is 5.82 Å². The number of rotatable bonds is 8. The van der Waals surface area contributed by atoms with E-state index in [1.807, 2.05) is 24.4 Å². The molecule has 1 saturated heterocycles. The quantitative estimate of drug-likeness (QED) is 0.268. The van der Waals surface area contributed by atoms with E-state index in [0.717, 1.165) is 4.88 Å². The predicted molar refractivity (Wildman–Crippen MR) is 127 cm³/mol. The largest absolute Gasteiger partial charge is 0.507 e. The van der Waals surface area contributed by atoms with Gasteiger partial charge < -0.3 is 19.5 Å². The Kier molecular flexibility index (Phi) is 6.98. The first kappa shape index (κ1) is 23.5. The first-order chi connectivity index (χ1) is 16.4. The van der Waals surface area contributed by atoms with Crippen LogP contribution < -0.4 is 9.47 Å². The molecule has 34 heavy (non-hydrogen) atoms. The average molecular weight is 482 g/mol. The van der Waals surface area contributed by atoms with Crippen molar-refractivity contribution in [2.24, 2.45) is 0 Å². The lowest BCUT2D eigenvalue weighted by molar-refractivity contribution is -0.140. The molecule has 0 radical (unpaired) electrons.